The maximum atomic E-state index is 13.1. The van der Waals surface area contributed by atoms with Crippen LogP contribution in [0.4, 0.5) is 0 Å². The second-order valence-corrected chi connectivity index (χ2v) is 8.61. The minimum atomic E-state index is 0. The van der Waals surface area contributed by atoms with Crippen LogP contribution in [-0.4, -0.2) is 55.0 Å². The van der Waals surface area contributed by atoms with Crippen LogP contribution >= 0.6 is 24.8 Å². The second-order valence-electron chi connectivity index (χ2n) is 8.61. The van der Waals surface area contributed by atoms with Crippen molar-refractivity contribution in [3.63, 3.8) is 0 Å². The Balaban J connectivity index is 0.00000150. The number of carbonyl (C=O) groups excluding carboxylic acids is 1. The van der Waals surface area contributed by atoms with E-state index in [4.69, 9.17) is 10.5 Å². The first kappa shape index (κ1) is 24.3. The molecule has 1 aromatic rings. The number of methoxy groups -OCH3 is 1. The number of rotatable bonds is 4. The normalized spacial score (nSPS) is 29.4. The van der Waals surface area contributed by atoms with Gasteiger partial charge in [0.2, 0.25) is 5.91 Å². The van der Waals surface area contributed by atoms with Crippen LogP contribution in [0.25, 0.3) is 0 Å². The zero-order chi connectivity index (χ0) is 18.8. The van der Waals surface area contributed by atoms with Crippen molar-refractivity contribution in [1.82, 2.24) is 9.80 Å². The highest BCUT2D eigenvalue weighted by Crippen LogP contribution is 2.42. The number of nitrogens with zero attached hydrogens (tertiary/aromatic N) is 2. The first-order chi connectivity index (χ1) is 13.2. The lowest BCUT2D eigenvalue weighted by molar-refractivity contribution is -0.140. The summed E-state index contributed by atoms with van der Waals surface area (Å²) >= 11 is 0. The van der Waals surface area contributed by atoms with Crippen LogP contribution in [0.15, 0.2) is 24.3 Å². The van der Waals surface area contributed by atoms with Gasteiger partial charge in [0.1, 0.15) is 5.75 Å². The van der Waals surface area contributed by atoms with Gasteiger partial charge >= 0.3 is 0 Å². The highest BCUT2D eigenvalue weighted by molar-refractivity contribution is 5.85. The van der Waals surface area contributed by atoms with E-state index in [1.807, 2.05) is 12.1 Å². The summed E-state index contributed by atoms with van der Waals surface area (Å²) in [6.07, 6.45) is 5.75. The van der Waals surface area contributed by atoms with Gasteiger partial charge in [-0.2, -0.15) is 0 Å². The molecule has 1 saturated heterocycles. The minimum Gasteiger partial charge on any atom is -0.496 e. The van der Waals surface area contributed by atoms with E-state index in [9.17, 15) is 4.79 Å². The molecule has 7 heteroatoms. The Morgan fingerprint density at radius 2 is 1.69 bits per heavy atom. The lowest BCUT2D eigenvalue weighted by atomic mass is 9.65. The molecule has 2 bridgehead atoms. The summed E-state index contributed by atoms with van der Waals surface area (Å²) < 4.78 is 5.47. The SMILES string of the molecule is COc1ccccc1CN1CCN(C(=O)C2CC3CCCC(C2)C3N)CC1.Cl.Cl. The standard InChI is InChI=1S/C22H33N3O2.2ClH/c1-27-20-8-3-2-5-18(20)15-24-9-11-25(12-10-24)22(26)19-13-16-6-4-7-17(14-19)21(16)23;;/h2-3,5,8,16-17,19,21H,4,6-7,9-15,23H2,1H3;2*1H. The molecule has 2 N–H and O–H groups in total. The van der Waals surface area contributed by atoms with Crippen LogP contribution in [0, 0.1) is 17.8 Å². The number of para-hydroxylation sites is 1. The van der Waals surface area contributed by atoms with Gasteiger partial charge in [-0.05, 0) is 43.6 Å². The van der Waals surface area contributed by atoms with Gasteiger partial charge in [-0.15, -0.1) is 24.8 Å². The summed E-state index contributed by atoms with van der Waals surface area (Å²) in [5.74, 6) is 2.68. The Kier molecular flexibility index (Phi) is 9.08. The summed E-state index contributed by atoms with van der Waals surface area (Å²) in [4.78, 5) is 17.6. The van der Waals surface area contributed by atoms with E-state index in [0.29, 0.717) is 23.8 Å². The fourth-order valence-electron chi connectivity index (χ4n) is 5.45. The molecule has 4 rings (SSSR count). The Hall–Kier alpha value is -1.01. The molecule has 0 spiro atoms. The average molecular weight is 444 g/mol. The van der Waals surface area contributed by atoms with Gasteiger partial charge in [0.25, 0.3) is 0 Å². The van der Waals surface area contributed by atoms with Crippen molar-refractivity contribution in [2.24, 2.45) is 23.5 Å². The van der Waals surface area contributed by atoms with Crippen molar-refractivity contribution in [3.8, 4) is 5.75 Å². The van der Waals surface area contributed by atoms with Crippen LogP contribution < -0.4 is 10.5 Å². The Morgan fingerprint density at radius 1 is 1.07 bits per heavy atom. The van der Waals surface area contributed by atoms with Crippen LogP contribution in [0.2, 0.25) is 0 Å². The van der Waals surface area contributed by atoms with Gasteiger partial charge in [0.15, 0.2) is 0 Å². The maximum Gasteiger partial charge on any atom is 0.225 e. The molecule has 164 valence electrons. The molecule has 3 fully saturated rings. The van der Waals surface area contributed by atoms with Crippen molar-refractivity contribution in [2.45, 2.75) is 44.7 Å². The smallest absolute Gasteiger partial charge is 0.225 e. The van der Waals surface area contributed by atoms with Crippen molar-refractivity contribution in [1.29, 1.82) is 0 Å². The van der Waals surface area contributed by atoms with Gasteiger partial charge in [-0.1, -0.05) is 24.6 Å². The number of hydrogen-bond donors (Lipinski definition) is 1. The Morgan fingerprint density at radius 3 is 2.31 bits per heavy atom. The van der Waals surface area contributed by atoms with Gasteiger partial charge < -0.3 is 15.4 Å². The number of halogens is 2. The molecule has 1 heterocycles. The molecular formula is C22H35Cl2N3O2. The summed E-state index contributed by atoms with van der Waals surface area (Å²) in [6, 6.07) is 8.53. The number of carbonyl (C=O) groups is 1. The van der Waals surface area contributed by atoms with E-state index < -0.39 is 0 Å². The number of piperazine rings is 1. The second kappa shape index (κ2) is 10.9. The molecule has 5 nitrogen and oxygen atoms in total. The van der Waals surface area contributed by atoms with Crippen LogP contribution in [0.1, 0.15) is 37.7 Å². The molecule has 1 aromatic carbocycles. The zero-order valence-corrected chi connectivity index (χ0v) is 18.9. The topological polar surface area (TPSA) is 58.8 Å². The van der Waals surface area contributed by atoms with E-state index in [-0.39, 0.29) is 30.7 Å². The third-order valence-corrected chi connectivity index (χ3v) is 7.03. The summed E-state index contributed by atoms with van der Waals surface area (Å²) in [6.45, 7) is 4.43. The lowest BCUT2D eigenvalue weighted by Gasteiger charge is -2.45. The Bertz CT molecular complexity index is 653. The van der Waals surface area contributed by atoms with Crippen molar-refractivity contribution in [3.05, 3.63) is 29.8 Å². The molecule has 29 heavy (non-hydrogen) atoms. The zero-order valence-electron chi connectivity index (χ0n) is 17.3. The molecule has 0 aromatic heterocycles. The third kappa shape index (κ3) is 5.38. The Labute approximate surface area is 187 Å². The van der Waals surface area contributed by atoms with Crippen LogP contribution in [-0.2, 0) is 11.3 Å². The molecule has 1 amide bonds. The minimum absolute atomic E-state index is 0. The quantitative estimate of drug-likeness (QED) is 0.774. The van der Waals surface area contributed by atoms with Crippen molar-refractivity contribution in [2.75, 3.05) is 33.3 Å². The lowest BCUT2D eigenvalue weighted by Crippen LogP contribution is -2.53. The van der Waals surface area contributed by atoms with E-state index in [0.717, 1.165) is 51.3 Å². The fraction of sp³-hybridized carbons (Fsp3) is 0.682. The van der Waals surface area contributed by atoms with E-state index in [1.165, 1.54) is 24.8 Å². The monoisotopic (exact) mass is 443 g/mol. The highest BCUT2D eigenvalue weighted by Gasteiger charge is 2.41. The van der Waals surface area contributed by atoms with Crippen LogP contribution in [0.3, 0.4) is 0 Å². The number of hydrogen-bond acceptors (Lipinski definition) is 4. The molecule has 2 aliphatic carbocycles. The van der Waals surface area contributed by atoms with Gasteiger partial charge in [-0.25, -0.2) is 0 Å². The predicted octanol–water partition coefficient (Wildman–Crippen LogP) is 3.34. The van der Waals surface area contributed by atoms with E-state index in [2.05, 4.69) is 21.9 Å². The molecule has 2 atom stereocenters. The highest BCUT2D eigenvalue weighted by atomic mass is 35.5. The number of nitrogens with two attached hydrogens (primary N) is 1. The maximum absolute atomic E-state index is 13.1. The van der Waals surface area contributed by atoms with E-state index in [1.54, 1.807) is 7.11 Å². The number of ether oxygens (including phenoxy) is 1. The summed E-state index contributed by atoms with van der Waals surface area (Å²) in [5, 5.41) is 0. The van der Waals surface area contributed by atoms with E-state index >= 15 is 0 Å². The van der Waals surface area contributed by atoms with Gasteiger partial charge in [0, 0.05) is 50.2 Å². The first-order valence-electron chi connectivity index (χ1n) is 10.5. The molecule has 0 radical (unpaired) electrons. The molecule has 2 saturated carbocycles. The van der Waals surface area contributed by atoms with Crippen molar-refractivity contribution >= 4 is 30.7 Å². The fourth-order valence-corrected chi connectivity index (χ4v) is 5.45. The van der Waals surface area contributed by atoms with Crippen LogP contribution in [0.5, 0.6) is 5.75 Å². The molecular weight excluding hydrogens is 409 g/mol. The first-order valence-corrected chi connectivity index (χ1v) is 10.5. The van der Waals surface area contributed by atoms with Gasteiger partial charge in [0.05, 0.1) is 7.11 Å². The number of fused-ring (bicyclic) bond motifs is 2. The average Bonchev–Trinajstić information content (AvgIpc) is 2.68. The van der Waals surface area contributed by atoms with Crippen molar-refractivity contribution < 1.29 is 9.53 Å². The predicted molar refractivity (Wildman–Crippen MR) is 121 cm³/mol. The number of amides is 1. The van der Waals surface area contributed by atoms with Gasteiger partial charge in [-0.3, -0.25) is 9.69 Å². The summed E-state index contributed by atoms with van der Waals surface area (Å²) in [5.41, 5.74) is 7.61. The molecule has 2 unspecified atom stereocenters. The molecule has 1 aliphatic heterocycles. The largest absolute Gasteiger partial charge is 0.496 e. The third-order valence-electron chi connectivity index (χ3n) is 7.03. The number of benzene rings is 1. The summed E-state index contributed by atoms with van der Waals surface area (Å²) in [7, 11) is 1.72. The molecule has 3 aliphatic rings.